The van der Waals surface area contributed by atoms with Gasteiger partial charge in [-0.2, -0.15) is 0 Å². The van der Waals surface area contributed by atoms with Crippen LogP contribution in [-0.2, 0) is 4.74 Å². The van der Waals surface area contributed by atoms with Crippen molar-refractivity contribution in [2.24, 2.45) is 0 Å². The maximum atomic E-state index is 11.7. The van der Waals surface area contributed by atoms with E-state index in [0.717, 1.165) is 12.6 Å². The summed E-state index contributed by atoms with van der Waals surface area (Å²) in [6.07, 6.45) is 4.84. The van der Waals surface area contributed by atoms with Crippen molar-refractivity contribution in [1.82, 2.24) is 15.5 Å². The van der Waals surface area contributed by atoms with Gasteiger partial charge in [-0.05, 0) is 66.5 Å². The average Bonchev–Trinajstić information content (AvgIpc) is 2.81. The van der Waals surface area contributed by atoms with Crippen molar-refractivity contribution >= 4 is 6.09 Å². The first-order valence-corrected chi connectivity index (χ1v) is 8.30. The number of alkyl carbamates (subject to hydrolysis) is 1. The van der Waals surface area contributed by atoms with Crippen molar-refractivity contribution in [2.75, 3.05) is 19.6 Å². The summed E-state index contributed by atoms with van der Waals surface area (Å²) in [4.78, 5) is 14.3. The van der Waals surface area contributed by atoms with Gasteiger partial charge >= 0.3 is 6.09 Å². The third kappa shape index (κ3) is 5.47. The van der Waals surface area contributed by atoms with Gasteiger partial charge in [-0.25, -0.2) is 4.79 Å². The summed E-state index contributed by atoms with van der Waals surface area (Å²) in [5, 5.41) is 6.49. The summed E-state index contributed by atoms with van der Waals surface area (Å²) >= 11 is 0. The van der Waals surface area contributed by atoms with Crippen LogP contribution in [0.4, 0.5) is 4.79 Å². The molecule has 0 radical (unpaired) electrons. The molecule has 2 saturated heterocycles. The van der Waals surface area contributed by atoms with Crippen molar-refractivity contribution in [3.05, 3.63) is 0 Å². The van der Waals surface area contributed by atoms with Crippen LogP contribution < -0.4 is 10.6 Å². The minimum absolute atomic E-state index is 0.0847. The Balaban J connectivity index is 1.64. The van der Waals surface area contributed by atoms with E-state index in [1.165, 1.54) is 38.8 Å². The van der Waals surface area contributed by atoms with Crippen LogP contribution >= 0.6 is 0 Å². The summed E-state index contributed by atoms with van der Waals surface area (Å²) < 4.78 is 5.27. The predicted octanol–water partition coefficient (Wildman–Crippen LogP) is 2.12. The van der Waals surface area contributed by atoms with Crippen LogP contribution in [-0.4, -0.2) is 54.4 Å². The molecule has 122 valence electrons. The predicted molar refractivity (Wildman–Crippen MR) is 84.5 cm³/mol. The zero-order chi connectivity index (χ0) is 15.5. The second-order valence-electron chi connectivity index (χ2n) is 7.51. The molecule has 2 aliphatic heterocycles. The molecule has 3 atom stereocenters. The fourth-order valence-corrected chi connectivity index (χ4v) is 3.31. The summed E-state index contributed by atoms with van der Waals surface area (Å²) in [5.41, 5.74) is -0.438. The molecule has 0 aromatic carbocycles. The Bertz CT molecular complexity index is 354. The van der Waals surface area contributed by atoms with E-state index in [1.54, 1.807) is 0 Å². The third-order valence-electron chi connectivity index (χ3n) is 4.30. The molecule has 3 unspecified atom stereocenters. The van der Waals surface area contributed by atoms with E-state index < -0.39 is 5.60 Å². The monoisotopic (exact) mass is 297 g/mol. The molecule has 5 heteroatoms. The highest BCUT2D eigenvalue weighted by Gasteiger charge is 2.31. The van der Waals surface area contributed by atoms with Gasteiger partial charge in [-0.3, -0.25) is 0 Å². The number of nitrogens with zero attached hydrogens (tertiary/aromatic N) is 1. The van der Waals surface area contributed by atoms with E-state index in [0.29, 0.717) is 6.04 Å². The highest BCUT2D eigenvalue weighted by molar-refractivity contribution is 5.68. The molecular formula is C16H31N3O2. The number of piperidine rings is 1. The van der Waals surface area contributed by atoms with Crippen molar-refractivity contribution in [2.45, 2.75) is 77.1 Å². The fraction of sp³-hybridized carbons (Fsp3) is 0.938. The second kappa shape index (κ2) is 6.97. The third-order valence-corrected chi connectivity index (χ3v) is 4.30. The van der Waals surface area contributed by atoms with Gasteiger partial charge in [-0.15, -0.1) is 0 Å². The topological polar surface area (TPSA) is 53.6 Å². The van der Waals surface area contributed by atoms with E-state index in [1.807, 2.05) is 27.7 Å². The Labute approximate surface area is 128 Å². The van der Waals surface area contributed by atoms with Gasteiger partial charge in [0.05, 0.1) is 0 Å². The normalized spacial score (nSPS) is 28.0. The quantitative estimate of drug-likeness (QED) is 0.834. The summed E-state index contributed by atoms with van der Waals surface area (Å²) in [6, 6.07) is 1.46. The number of rotatable bonds is 4. The zero-order valence-corrected chi connectivity index (χ0v) is 13.9. The molecule has 0 aromatic rings. The van der Waals surface area contributed by atoms with Gasteiger partial charge in [0.15, 0.2) is 0 Å². The maximum absolute atomic E-state index is 11.7. The molecule has 2 N–H and O–H groups in total. The molecule has 0 saturated carbocycles. The van der Waals surface area contributed by atoms with E-state index in [9.17, 15) is 4.79 Å². The van der Waals surface area contributed by atoms with Gasteiger partial charge in [0, 0.05) is 24.7 Å². The SMILES string of the molecule is CC(CNC1CCN2CCCC2C1)NC(=O)OC(C)(C)C. The van der Waals surface area contributed by atoms with Gasteiger partial charge in [-0.1, -0.05) is 0 Å². The van der Waals surface area contributed by atoms with Gasteiger partial charge < -0.3 is 20.3 Å². The molecule has 21 heavy (non-hydrogen) atoms. The summed E-state index contributed by atoms with van der Waals surface area (Å²) in [5.74, 6) is 0. The molecule has 2 heterocycles. The molecule has 5 nitrogen and oxygen atoms in total. The highest BCUT2D eigenvalue weighted by Crippen LogP contribution is 2.26. The van der Waals surface area contributed by atoms with E-state index >= 15 is 0 Å². The number of fused-ring (bicyclic) bond motifs is 1. The number of carbonyl (C=O) groups is 1. The van der Waals surface area contributed by atoms with Crippen molar-refractivity contribution in [1.29, 1.82) is 0 Å². The van der Waals surface area contributed by atoms with E-state index in [4.69, 9.17) is 4.74 Å². The number of hydrogen-bond acceptors (Lipinski definition) is 4. The fourth-order valence-electron chi connectivity index (χ4n) is 3.31. The maximum Gasteiger partial charge on any atom is 0.407 e. The minimum Gasteiger partial charge on any atom is -0.444 e. The first kappa shape index (κ1) is 16.6. The molecular weight excluding hydrogens is 266 g/mol. The summed E-state index contributed by atoms with van der Waals surface area (Å²) in [6.45, 7) is 11.0. The lowest BCUT2D eigenvalue weighted by molar-refractivity contribution is 0.0506. The van der Waals surface area contributed by atoms with Crippen LogP contribution in [0.2, 0.25) is 0 Å². The van der Waals surface area contributed by atoms with Crippen LogP contribution in [0.1, 0.15) is 53.4 Å². The molecule has 1 amide bonds. The molecule has 2 fully saturated rings. The van der Waals surface area contributed by atoms with Crippen LogP contribution in [0.15, 0.2) is 0 Å². The lowest BCUT2D eigenvalue weighted by atomic mass is 9.97. The van der Waals surface area contributed by atoms with Crippen LogP contribution in [0.5, 0.6) is 0 Å². The largest absolute Gasteiger partial charge is 0.444 e. The summed E-state index contributed by atoms with van der Waals surface area (Å²) in [7, 11) is 0. The number of amides is 1. The minimum atomic E-state index is -0.438. The van der Waals surface area contributed by atoms with Crippen LogP contribution in [0.25, 0.3) is 0 Å². The Morgan fingerprint density at radius 1 is 1.33 bits per heavy atom. The zero-order valence-electron chi connectivity index (χ0n) is 13.9. The first-order chi connectivity index (χ1) is 9.83. The van der Waals surface area contributed by atoms with Crippen LogP contribution in [0, 0.1) is 0 Å². The highest BCUT2D eigenvalue weighted by atomic mass is 16.6. The van der Waals surface area contributed by atoms with Gasteiger partial charge in [0.25, 0.3) is 0 Å². The second-order valence-corrected chi connectivity index (χ2v) is 7.51. The van der Waals surface area contributed by atoms with Crippen molar-refractivity contribution < 1.29 is 9.53 Å². The molecule has 0 aliphatic carbocycles. The first-order valence-electron chi connectivity index (χ1n) is 8.30. The standard InChI is InChI=1S/C16H31N3O2/c1-12(18-15(20)21-16(2,3)4)11-17-13-7-9-19-8-5-6-14(19)10-13/h12-14,17H,5-11H2,1-4H3,(H,18,20). The molecule has 0 aromatic heterocycles. The lowest BCUT2D eigenvalue weighted by Crippen LogP contribution is -2.49. The molecule has 0 bridgehead atoms. The number of nitrogens with one attached hydrogen (secondary N) is 2. The Morgan fingerprint density at radius 3 is 2.81 bits per heavy atom. The van der Waals surface area contributed by atoms with E-state index in [2.05, 4.69) is 15.5 Å². The van der Waals surface area contributed by atoms with Crippen molar-refractivity contribution in [3.63, 3.8) is 0 Å². The lowest BCUT2D eigenvalue weighted by Gasteiger charge is -2.35. The van der Waals surface area contributed by atoms with Gasteiger partial charge in [0.2, 0.25) is 0 Å². The Hall–Kier alpha value is -0.810. The number of carbonyl (C=O) groups excluding carboxylic acids is 1. The Morgan fingerprint density at radius 2 is 2.10 bits per heavy atom. The van der Waals surface area contributed by atoms with Crippen molar-refractivity contribution in [3.8, 4) is 0 Å². The Kier molecular flexibility index (Phi) is 5.49. The number of ether oxygens (including phenoxy) is 1. The average molecular weight is 297 g/mol. The number of hydrogen-bond donors (Lipinski definition) is 2. The van der Waals surface area contributed by atoms with Crippen LogP contribution in [0.3, 0.4) is 0 Å². The molecule has 2 aliphatic rings. The molecule has 0 spiro atoms. The molecule has 2 rings (SSSR count). The smallest absolute Gasteiger partial charge is 0.407 e. The van der Waals surface area contributed by atoms with Gasteiger partial charge in [0.1, 0.15) is 5.60 Å². The van der Waals surface area contributed by atoms with E-state index in [-0.39, 0.29) is 12.1 Å².